The number of hydrogen-bond donors (Lipinski definition) is 1. The minimum atomic E-state index is 0.760. The average Bonchev–Trinajstić information content (AvgIpc) is 2.54. The fourth-order valence-electron chi connectivity index (χ4n) is 0.836. The van der Waals surface area contributed by atoms with E-state index in [4.69, 9.17) is 12.2 Å². The largest absolute Gasteiger partial charge is 0.343 e. The summed E-state index contributed by atoms with van der Waals surface area (Å²) in [5.74, 6) is 0. The molecule has 0 atom stereocenters. The van der Waals surface area contributed by atoms with E-state index in [9.17, 15) is 0 Å². The molecule has 0 aliphatic heterocycles. The van der Waals surface area contributed by atoms with Crippen molar-refractivity contribution in [3.8, 4) is 10.6 Å². The Morgan fingerprint density at radius 3 is 2.92 bits per heavy atom. The molecular weight excluding hydrogens is 190 g/mol. The Kier molecular flexibility index (Phi) is 1.97. The second-order valence-corrected chi connectivity index (χ2v) is 3.85. The zero-order valence-corrected chi connectivity index (χ0v) is 7.65. The van der Waals surface area contributed by atoms with Gasteiger partial charge in [-0.1, -0.05) is 0 Å². The third-order valence-corrected chi connectivity index (χ3v) is 2.56. The Hall–Kier alpha value is -1.07. The molecule has 5 heteroatoms. The number of hydrogen-bond acceptors (Lipinski definition) is 4. The van der Waals surface area contributed by atoms with Crippen LogP contribution in [-0.2, 0) is 0 Å². The lowest BCUT2D eigenvalue weighted by Crippen LogP contribution is -1.79. The molecule has 0 radical (unpaired) electrons. The second-order valence-electron chi connectivity index (χ2n) is 2.13. The topological polar surface area (TPSA) is 41.6 Å². The molecule has 0 fully saturated rings. The number of nitrogens with one attached hydrogen (secondary N) is 1. The van der Waals surface area contributed by atoms with Gasteiger partial charge < -0.3 is 4.98 Å². The van der Waals surface area contributed by atoms with Crippen molar-refractivity contribution in [2.24, 2.45) is 0 Å². The maximum absolute atomic E-state index is 4.95. The smallest absolute Gasteiger partial charge is 0.159 e. The lowest BCUT2D eigenvalue weighted by atomic mass is 10.4. The Morgan fingerprint density at radius 2 is 2.33 bits per heavy atom. The Labute approximate surface area is 78.1 Å². The van der Waals surface area contributed by atoms with Gasteiger partial charge in [0.1, 0.15) is 5.69 Å². The van der Waals surface area contributed by atoms with Crippen molar-refractivity contribution >= 4 is 23.6 Å². The normalized spacial score (nSPS) is 10.0. The third kappa shape index (κ3) is 1.41. The summed E-state index contributed by atoms with van der Waals surface area (Å²) in [5, 5.41) is 0. The maximum atomic E-state index is 4.95. The highest BCUT2D eigenvalue weighted by atomic mass is 32.1. The van der Waals surface area contributed by atoms with Gasteiger partial charge in [-0.05, 0) is 12.2 Å². The van der Waals surface area contributed by atoms with E-state index in [-0.39, 0.29) is 0 Å². The van der Waals surface area contributed by atoms with Crippen LogP contribution in [0.25, 0.3) is 10.6 Å². The predicted molar refractivity (Wildman–Crippen MR) is 50.5 cm³/mol. The average molecular weight is 195 g/mol. The van der Waals surface area contributed by atoms with E-state index in [1.807, 2.05) is 6.20 Å². The molecule has 0 spiro atoms. The van der Waals surface area contributed by atoms with Crippen molar-refractivity contribution in [2.45, 2.75) is 0 Å². The number of thiazole rings is 1. The Balaban J connectivity index is 2.51. The highest BCUT2D eigenvalue weighted by molar-refractivity contribution is 7.73. The van der Waals surface area contributed by atoms with E-state index < -0.39 is 0 Å². The van der Waals surface area contributed by atoms with E-state index in [0.29, 0.717) is 0 Å². The quantitative estimate of drug-likeness (QED) is 0.710. The molecule has 0 saturated carbocycles. The fraction of sp³-hybridized carbons (Fsp3) is 0. The van der Waals surface area contributed by atoms with Gasteiger partial charge in [0.2, 0.25) is 0 Å². The van der Waals surface area contributed by atoms with Crippen molar-refractivity contribution in [1.29, 1.82) is 0 Å². The maximum Gasteiger partial charge on any atom is 0.159 e. The van der Waals surface area contributed by atoms with E-state index in [1.54, 1.807) is 18.6 Å². The van der Waals surface area contributed by atoms with Gasteiger partial charge in [0.25, 0.3) is 0 Å². The van der Waals surface area contributed by atoms with Gasteiger partial charge in [-0.3, -0.25) is 9.97 Å². The van der Waals surface area contributed by atoms with Crippen LogP contribution in [0.3, 0.4) is 0 Å². The summed E-state index contributed by atoms with van der Waals surface area (Å²) in [6.07, 6.45) is 6.87. The van der Waals surface area contributed by atoms with Crippen LogP contribution in [0.2, 0.25) is 0 Å². The summed E-state index contributed by atoms with van der Waals surface area (Å²) in [6.45, 7) is 0. The third-order valence-electron chi connectivity index (χ3n) is 1.34. The first-order valence-electron chi connectivity index (χ1n) is 3.31. The number of H-pyrrole nitrogens is 1. The predicted octanol–water partition coefficient (Wildman–Crippen LogP) is 2.26. The highest BCUT2D eigenvalue weighted by Gasteiger charge is 1.99. The highest BCUT2D eigenvalue weighted by Crippen LogP contribution is 2.20. The molecule has 2 heterocycles. The van der Waals surface area contributed by atoms with E-state index in [2.05, 4.69) is 15.0 Å². The van der Waals surface area contributed by atoms with E-state index >= 15 is 0 Å². The van der Waals surface area contributed by atoms with Crippen LogP contribution in [0.5, 0.6) is 0 Å². The first-order chi connectivity index (χ1) is 5.86. The number of nitrogens with zero attached hydrogens (tertiary/aromatic N) is 2. The second kappa shape index (κ2) is 3.12. The summed E-state index contributed by atoms with van der Waals surface area (Å²) >= 11 is 6.45. The van der Waals surface area contributed by atoms with Gasteiger partial charge in [0.05, 0.1) is 11.1 Å². The Bertz CT molecular complexity index is 417. The summed E-state index contributed by atoms with van der Waals surface area (Å²) in [6, 6.07) is 0. The number of aromatic amines is 1. The van der Waals surface area contributed by atoms with Crippen molar-refractivity contribution < 1.29 is 0 Å². The van der Waals surface area contributed by atoms with Gasteiger partial charge in [0, 0.05) is 18.6 Å². The van der Waals surface area contributed by atoms with Gasteiger partial charge in [0.15, 0.2) is 3.95 Å². The summed E-state index contributed by atoms with van der Waals surface area (Å²) in [7, 11) is 0. The molecule has 0 aromatic carbocycles. The van der Waals surface area contributed by atoms with E-state index in [0.717, 1.165) is 14.5 Å². The standard InChI is InChI=1S/C7H5N3S2/c11-7-10-4-6(12-7)5-3-8-1-2-9-5/h1-4H,(H,10,11). The summed E-state index contributed by atoms with van der Waals surface area (Å²) in [4.78, 5) is 12.1. The first kappa shape index (κ1) is 7.57. The van der Waals surface area contributed by atoms with Crippen LogP contribution in [0.15, 0.2) is 24.8 Å². The molecule has 0 saturated heterocycles. The van der Waals surface area contributed by atoms with E-state index in [1.165, 1.54) is 11.3 Å². The van der Waals surface area contributed by atoms with Crippen LogP contribution in [0, 0.1) is 3.95 Å². The van der Waals surface area contributed by atoms with Crippen LogP contribution < -0.4 is 0 Å². The summed E-state index contributed by atoms with van der Waals surface area (Å²) in [5.41, 5.74) is 0.856. The van der Waals surface area contributed by atoms with Gasteiger partial charge in [-0.2, -0.15) is 0 Å². The minimum Gasteiger partial charge on any atom is -0.343 e. The molecule has 3 nitrogen and oxygen atoms in total. The SMILES string of the molecule is S=c1[nH]cc(-c2cnccn2)s1. The monoisotopic (exact) mass is 195 g/mol. The van der Waals surface area contributed by atoms with Crippen molar-refractivity contribution in [2.75, 3.05) is 0 Å². The van der Waals surface area contributed by atoms with Crippen molar-refractivity contribution in [3.63, 3.8) is 0 Å². The zero-order chi connectivity index (χ0) is 8.39. The van der Waals surface area contributed by atoms with Crippen LogP contribution >= 0.6 is 23.6 Å². The molecule has 2 aromatic heterocycles. The van der Waals surface area contributed by atoms with Crippen LogP contribution in [0.1, 0.15) is 0 Å². The van der Waals surface area contributed by atoms with Gasteiger partial charge in [-0.15, -0.1) is 11.3 Å². The molecule has 2 aromatic rings. The molecule has 2 rings (SSSR count). The lowest BCUT2D eigenvalue weighted by Gasteiger charge is -1.90. The molecule has 0 aliphatic rings. The fourth-order valence-corrected chi connectivity index (χ4v) is 1.81. The molecule has 0 unspecified atom stereocenters. The Morgan fingerprint density at radius 1 is 1.42 bits per heavy atom. The van der Waals surface area contributed by atoms with Gasteiger partial charge in [-0.25, -0.2) is 0 Å². The molecule has 0 amide bonds. The number of rotatable bonds is 1. The van der Waals surface area contributed by atoms with Crippen molar-refractivity contribution in [3.05, 3.63) is 28.7 Å². The summed E-state index contributed by atoms with van der Waals surface area (Å²) < 4.78 is 0.760. The molecule has 12 heavy (non-hydrogen) atoms. The molecule has 0 bridgehead atoms. The minimum absolute atomic E-state index is 0.760. The molecular formula is C7H5N3S2. The van der Waals surface area contributed by atoms with Gasteiger partial charge >= 0.3 is 0 Å². The molecule has 0 aliphatic carbocycles. The molecule has 60 valence electrons. The number of aromatic nitrogens is 3. The molecule has 1 N–H and O–H groups in total. The van der Waals surface area contributed by atoms with Crippen LogP contribution in [-0.4, -0.2) is 15.0 Å². The van der Waals surface area contributed by atoms with Crippen molar-refractivity contribution in [1.82, 2.24) is 15.0 Å². The zero-order valence-electron chi connectivity index (χ0n) is 6.02. The lowest BCUT2D eigenvalue weighted by molar-refractivity contribution is 1.21. The first-order valence-corrected chi connectivity index (χ1v) is 4.53. The van der Waals surface area contributed by atoms with Crippen LogP contribution in [0.4, 0.5) is 0 Å².